The number of aliphatic hydroxyl groups is 1. The number of nitrogens with one attached hydrogen (secondary N) is 1. The molecule has 0 spiro atoms. The summed E-state index contributed by atoms with van der Waals surface area (Å²) in [5, 5.41) is 13.0. The second kappa shape index (κ2) is 3.28. The first-order valence-electron chi connectivity index (χ1n) is 5.13. The zero-order valence-electron chi connectivity index (χ0n) is 8.80. The summed E-state index contributed by atoms with van der Waals surface area (Å²) in [4.78, 5) is 0. The van der Waals surface area contributed by atoms with Gasteiger partial charge in [0, 0.05) is 18.7 Å². The monoisotopic (exact) mass is 191 g/mol. The third-order valence-corrected chi connectivity index (χ3v) is 2.52. The van der Waals surface area contributed by atoms with Crippen LogP contribution in [0.5, 0.6) is 0 Å². The largest absolute Gasteiger partial charge is 0.390 e. The Kier molecular flexibility index (Phi) is 2.23. The van der Waals surface area contributed by atoms with Gasteiger partial charge in [-0.3, -0.25) is 0 Å². The molecule has 0 aliphatic carbocycles. The highest BCUT2D eigenvalue weighted by molar-refractivity contribution is 5.57. The number of hydrogen-bond donors (Lipinski definition) is 2. The maximum atomic E-state index is 9.70. The zero-order valence-corrected chi connectivity index (χ0v) is 8.80. The molecular formula is C12H17NO. The van der Waals surface area contributed by atoms with Gasteiger partial charge in [0.2, 0.25) is 0 Å². The molecule has 0 saturated carbocycles. The molecule has 2 nitrogen and oxygen atoms in total. The first kappa shape index (κ1) is 9.53. The molecule has 2 N–H and O–H groups in total. The first-order valence-corrected chi connectivity index (χ1v) is 5.13. The van der Waals surface area contributed by atoms with Gasteiger partial charge in [0.25, 0.3) is 0 Å². The van der Waals surface area contributed by atoms with Gasteiger partial charge in [0.15, 0.2) is 0 Å². The summed E-state index contributed by atoms with van der Waals surface area (Å²) in [6.45, 7) is 4.72. The zero-order chi connectivity index (χ0) is 10.2. The summed E-state index contributed by atoms with van der Waals surface area (Å²) >= 11 is 0. The number of anilines is 1. The lowest BCUT2D eigenvalue weighted by Crippen LogP contribution is -2.21. The summed E-state index contributed by atoms with van der Waals surface area (Å²) in [6.07, 6.45) is 1.83. The molecule has 0 saturated heterocycles. The second-order valence-electron chi connectivity index (χ2n) is 4.66. The van der Waals surface area contributed by atoms with Crippen molar-refractivity contribution in [2.75, 3.05) is 11.9 Å². The number of rotatable bonds is 2. The van der Waals surface area contributed by atoms with Crippen LogP contribution in [-0.2, 0) is 12.8 Å². The lowest BCUT2D eigenvalue weighted by atomic mass is 9.97. The predicted octanol–water partition coefficient (Wildman–Crippen LogP) is 1.97. The summed E-state index contributed by atoms with van der Waals surface area (Å²) in [7, 11) is 0. The highest BCUT2D eigenvalue weighted by Gasteiger charge is 2.15. The van der Waals surface area contributed by atoms with Crippen molar-refractivity contribution in [1.29, 1.82) is 0 Å². The van der Waals surface area contributed by atoms with Crippen LogP contribution in [0, 0.1) is 0 Å². The Balaban J connectivity index is 2.21. The van der Waals surface area contributed by atoms with E-state index in [0.717, 1.165) is 13.0 Å². The van der Waals surface area contributed by atoms with Crippen LogP contribution >= 0.6 is 0 Å². The Hall–Kier alpha value is -1.02. The molecule has 0 fully saturated rings. The molecule has 76 valence electrons. The van der Waals surface area contributed by atoms with Gasteiger partial charge in [0.05, 0.1) is 5.60 Å². The minimum atomic E-state index is -0.618. The Morgan fingerprint density at radius 2 is 2.21 bits per heavy atom. The topological polar surface area (TPSA) is 32.3 Å². The number of benzene rings is 1. The van der Waals surface area contributed by atoms with E-state index < -0.39 is 5.60 Å². The quantitative estimate of drug-likeness (QED) is 0.749. The van der Waals surface area contributed by atoms with Crippen LogP contribution in [0.15, 0.2) is 18.2 Å². The summed E-state index contributed by atoms with van der Waals surface area (Å²) < 4.78 is 0. The third kappa shape index (κ3) is 2.07. The van der Waals surface area contributed by atoms with Crippen LogP contribution in [0.4, 0.5) is 5.69 Å². The molecule has 1 heterocycles. The average Bonchev–Trinajstić information content (AvgIpc) is 2.47. The molecule has 2 rings (SSSR count). The van der Waals surface area contributed by atoms with Crippen molar-refractivity contribution < 1.29 is 5.11 Å². The fraction of sp³-hybridized carbons (Fsp3) is 0.500. The molecule has 2 heteroatoms. The normalized spacial score (nSPS) is 15.1. The summed E-state index contributed by atoms with van der Waals surface area (Å²) in [6, 6.07) is 6.43. The van der Waals surface area contributed by atoms with Crippen LogP contribution < -0.4 is 5.32 Å². The maximum absolute atomic E-state index is 9.70. The number of fused-ring (bicyclic) bond motifs is 1. The van der Waals surface area contributed by atoms with Crippen molar-refractivity contribution in [2.45, 2.75) is 32.3 Å². The van der Waals surface area contributed by atoms with Gasteiger partial charge in [-0.05, 0) is 37.5 Å². The van der Waals surface area contributed by atoms with E-state index in [1.807, 2.05) is 13.8 Å². The van der Waals surface area contributed by atoms with Crippen molar-refractivity contribution in [3.8, 4) is 0 Å². The van der Waals surface area contributed by atoms with Crippen LogP contribution in [0.1, 0.15) is 25.0 Å². The molecule has 1 aliphatic heterocycles. The average molecular weight is 191 g/mol. The Morgan fingerprint density at radius 3 is 2.93 bits per heavy atom. The van der Waals surface area contributed by atoms with E-state index in [1.165, 1.54) is 16.8 Å². The fourth-order valence-electron chi connectivity index (χ4n) is 1.95. The van der Waals surface area contributed by atoms with Crippen molar-refractivity contribution in [3.63, 3.8) is 0 Å². The van der Waals surface area contributed by atoms with Gasteiger partial charge < -0.3 is 10.4 Å². The second-order valence-corrected chi connectivity index (χ2v) is 4.66. The van der Waals surface area contributed by atoms with Crippen molar-refractivity contribution in [3.05, 3.63) is 29.3 Å². The van der Waals surface area contributed by atoms with E-state index in [1.54, 1.807) is 0 Å². The van der Waals surface area contributed by atoms with Crippen molar-refractivity contribution in [1.82, 2.24) is 0 Å². The Labute approximate surface area is 85.0 Å². The Bertz CT molecular complexity index is 339. The highest BCUT2D eigenvalue weighted by atomic mass is 16.3. The summed E-state index contributed by atoms with van der Waals surface area (Å²) in [5.74, 6) is 0. The van der Waals surface area contributed by atoms with E-state index >= 15 is 0 Å². The Morgan fingerprint density at radius 1 is 1.43 bits per heavy atom. The fourth-order valence-corrected chi connectivity index (χ4v) is 1.95. The molecule has 0 amide bonds. The van der Waals surface area contributed by atoms with Gasteiger partial charge in [-0.2, -0.15) is 0 Å². The minimum absolute atomic E-state index is 0.618. The van der Waals surface area contributed by atoms with E-state index in [2.05, 4.69) is 23.5 Å². The SMILES string of the molecule is CC(C)(O)Cc1ccc2c(c1)NCC2. The molecule has 0 atom stereocenters. The first-order chi connectivity index (χ1) is 6.54. The minimum Gasteiger partial charge on any atom is -0.390 e. The highest BCUT2D eigenvalue weighted by Crippen LogP contribution is 2.24. The molecular weight excluding hydrogens is 174 g/mol. The van der Waals surface area contributed by atoms with Gasteiger partial charge >= 0.3 is 0 Å². The molecule has 1 aromatic carbocycles. The van der Waals surface area contributed by atoms with Crippen LogP contribution in [0.3, 0.4) is 0 Å². The van der Waals surface area contributed by atoms with Crippen molar-refractivity contribution in [2.24, 2.45) is 0 Å². The molecule has 0 unspecified atom stereocenters. The van der Waals surface area contributed by atoms with E-state index in [9.17, 15) is 5.11 Å². The third-order valence-electron chi connectivity index (χ3n) is 2.52. The molecule has 1 aliphatic rings. The standard InChI is InChI=1S/C12H17NO/c1-12(2,14)8-9-3-4-10-5-6-13-11(10)7-9/h3-4,7,13-14H,5-6,8H2,1-2H3. The van der Waals surface area contributed by atoms with Gasteiger partial charge in [0.1, 0.15) is 0 Å². The van der Waals surface area contributed by atoms with E-state index in [0.29, 0.717) is 6.42 Å². The molecule has 14 heavy (non-hydrogen) atoms. The maximum Gasteiger partial charge on any atom is 0.0631 e. The van der Waals surface area contributed by atoms with Gasteiger partial charge in [-0.15, -0.1) is 0 Å². The molecule has 0 aromatic heterocycles. The lowest BCUT2D eigenvalue weighted by molar-refractivity contribution is 0.0810. The summed E-state index contributed by atoms with van der Waals surface area (Å²) in [5.41, 5.74) is 3.22. The molecule has 1 aromatic rings. The molecule has 0 bridgehead atoms. The van der Waals surface area contributed by atoms with E-state index in [4.69, 9.17) is 0 Å². The van der Waals surface area contributed by atoms with Gasteiger partial charge in [-0.1, -0.05) is 12.1 Å². The predicted molar refractivity (Wildman–Crippen MR) is 58.6 cm³/mol. The smallest absolute Gasteiger partial charge is 0.0631 e. The number of hydrogen-bond acceptors (Lipinski definition) is 2. The lowest BCUT2D eigenvalue weighted by Gasteiger charge is -2.17. The van der Waals surface area contributed by atoms with Crippen LogP contribution in [0.25, 0.3) is 0 Å². The van der Waals surface area contributed by atoms with Crippen LogP contribution in [-0.4, -0.2) is 17.3 Å². The van der Waals surface area contributed by atoms with Crippen molar-refractivity contribution >= 4 is 5.69 Å². The van der Waals surface area contributed by atoms with Crippen LogP contribution in [0.2, 0.25) is 0 Å². The van der Waals surface area contributed by atoms with E-state index in [-0.39, 0.29) is 0 Å². The molecule has 0 radical (unpaired) electrons. The van der Waals surface area contributed by atoms with Gasteiger partial charge in [-0.25, -0.2) is 0 Å².